The normalized spacial score (nSPS) is 11.3. The summed E-state index contributed by atoms with van der Waals surface area (Å²) >= 11 is 0. The van der Waals surface area contributed by atoms with Gasteiger partial charge >= 0.3 is 5.97 Å². The molecule has 0 saturated heterocycles. The lowest BCUT2D eigenvalue weighted by molar-refractivity contribution is -0.146. The second-order valence-corrected chi connectivity index (χ2v) is 4.27. The average molecular weight is 271 g/mol. The number of hydrogen-bond donors (Lipinski definition) is 3. The van der Waals surface area contributed by atoms with E-state index in [4.69, 9.17) is 5.11 Å². The Morgan fingerprint density at radius 2 is 1.85 bits per heavy atom. The summed E-state index contributed by atoms with van der Waals surface area (Å²) in [6.07, 6.45) is 2.87. The molecular formula is C15H13NO4. The molecule has 0 bridgehead atoms. The van der Waals surface area contributed by atoms with Crippen LogP contribution >= 0.6 is 0 Å². The smallest absolute Gasteiger partial charge is 0.376 e. The van der Waals surface area contributed by atoms with E-state index in [-0.39, 0.29) is 5.76 Å². The first-order chi connectivity index (χ1) is 9.56. The molecule has 5 nitrogen and oxygen atoms in total. The zero-order chi connectivity index (χ0) is 14.5. The predicted octanol–water partition coefficient (Wildman–Crippen LogP) is 2.16. The number of rotatable bonds is 5. The van der Waals surface area contributed by atoms with Crippen molar-refractivity contribution in [1.82, 2.24) is 4.98 Å². The van der Waals surface area contributed by atoms with Gasteiger partial charge in [0.1, 0.15) is 5.76 Å². The summed E-state index contributed by atoms with van der Waals surface area (Å²) in [4.78, 5) is 24.4. The maximum Gasteiger partial charge on any atom is 0.376 e. The fourth-order valence-electron chi connectivity index (χ4n) is 1.78. The molecule has 0 amide bonds. The SMILES string of the molecule is O=C(O)C(=O)C=C(O)c1c[nH]c(Cc2ccccc2)c1. The van der Waals surface area contributed by atoms with Crippen molar-refractivity contribution in [3.05, 3.63) is 65.5 Å². The van der Waals surface area contributed by atoms with Crippen molar-refractivity contribution in [3.63, 3.8) is 0 Å². The summed E-state index contributed by atoms with van der Waals surface area (Å²) in [5.74, 6) is -3.13. The van der Waals surface area contributed by atoms with Crippen LogP contribution in [0, 0.1) is 0 Å². The Morgan fingerprint density at radius 1 is 1.15 bits per heavy atom. The van der Waals surface area contributed by atoms with E-state index in [1.54, 1.807) is 6.07 Å². The monoisotopic (exact) mass is 271 g/mol. The van der Waals surface area contributed by atoms with Gasteiger partial charge < -0.3 is 15.2 Å². The van der Waals surface area contributed by atoms with Crippen molar-refractivity contribution >= 4 is 17.5 Å². The van der Waals surface area contributed by atoms with Gasteiger partial charge in [-0.15, -0.1) is 0 Å². The highest BCUT2D eigenvalue weighted by Gasteiger charge is 2.11. The molecule has 5 heteroatoms. The molecule has 1 heterocycles. The molecule has 0 aliphatic rings. The fraction of sp³-hybridized carbons (Fsp3) is 0.0667. The molecule has 0 spiro atoms. The number of aliphatic hydroxyl groups excluding tert-OH is 1. The number of carboxylic acids is 1. The van der Waals surface area contributed by atoms with Gasteiger partial charge in [-0.1, -0.05) is 30.3 Å². The van der Waals surface area contributed by atoms with Crippen molar-refractivity contribution < 1.29 is 19.8 Å². The number of aliphatic hydroxyl groups is 1. The van der Waals surface area contributed by atoms with E-state index in [0.29, 0.717) is 18.1 Å². The second kappa shape index (κ2) is 5.88. The van der Waals surface area contributed by atoms with E-state index in [9.17, 15) is 14.7 Å². The summed E-state index contributed by atoms with van der Waals surface area (Å²) in [6.45, 7) is 0. The Kier molecular flexibility index (Phi) is 4.00. The maximum absolute atomic E-state index is 11.0. The van der Waals surface area contributed by atoms with Crippen LogP contribution in [-0.4, -0.2) is 26.9 Å². The predicted molar refractivity (Wildman–Crippen MR) is 73.3 cm³/mol. The molecule has 0 fully saturated rings. The van der Waals surface area contributed by atoms with Gasteiger partial charge in [0.2, 0.25) is 0 Å². The topological polar surface area (TPSA) is 90.4 Å². The van der Waals surface area contributed by atoms with Crippen LogP contribution in [0.5, 0.6) is 0 Å². The summed E-state index contributed by atoms with van der Waals surface area (Å²) in [5.41, 5.74) is 2.34. The van der Waals surface area contributed by atoms with E-state index in [1.807, 2.05) is 30.3 Å². The lowest BCUT2D eigenvalue weighted by Gasteiger charge is -1.97. The second-order valence-electron chi connectivity index (χ2n) is 4.27. The van der Waals surface area contributed by atoms with Crippen LogP contribution in [0.2, 0.25) is 0 Å². The standard InChI is InChI=1S/C15H13NO4/c17-13(8-14(18)15(19)20)11-7-12(16-9-11)6-10-4-2-1-3-5-10/h1-5,7-9,16-17H,6H2,(H,19,20). The average Bonchev–Trinajstić information content (AvgIpc) is 2.88. The number of benzene rings is 1. The first-order valence-corrected chi connectivity index (χ1v) is 5.96. The molecule has 0 aliphatic heterocycles. The van der Waals surface area contributed by atoms with Crippen LogP contribution in [-0.2, 0) is 16.0 Å². The van der Waals surface area contributed by atoms with Gasteiger partial charge in [-0.25, -0.2) is 4.79 Å². The number of carbonyl (C=O) groups excluding carboxylic acids is 1. The number of aliphatic carboxylic acids is 1. The van der Waals surface area contributed by atoms with Gasteiger partial charge in [-0.05, 0) is 11.6 Å². The number of aromatic nitrogens is 1. The number of carbonyl (C=O) groups is 2. The summed E-state index contributed by atoms with van der Waals surface area (Å²) in [6, 6.07) is 11.4. The quantitative estimate of drug-likeness (QED) is 0.441. The van der Waals surface area contributed by atoms with Gasteiger partial charge in [-0.2, -0.15) is 0 Å². The number of H-pyrrole nitrogens is 1. The van der Waals surface area contributed by atoms with Crippen LogP contribution in [0.4, 0.5) is 0 Å². The highest BCUT2D eigenvalue weighted by Crippen LogP contribution is 2.15. The third-order valence-electron chi connectivity index (χ3n) is 2.75. The minimum atomic E-state index is -1.60. The van der Waals surface area contributed by atoms with Crippen molar-refractivity contribution in [2.75, 3.05) is 0 Å². The Morgan fingerprint density at radius 3 is 2.50 bits per heavy atom. The lowest BCUT2D eigenvalue weighted by atomic mass is 10.1. The zero-order valence-corrected chi connectivity index (χ0v) is 10.5. The molecule has 0 saturated carbocycles. The minimum Gasteiger partial charge on any atom is -0.507 e. The molecular weight excluding hydrogens is 258 g/mol. The molecule has 0 aliphatic carbocycles. The van der Waals surface area contributed by atoms with Crippen LogP contribution in [0.1, 0.15) is 16.8 Å². The van der Waals surface area contributed by atoms with Crippen LogP contribution in [0.15, 0.2) is 48.7 Å². The molecule has 1 aromatic carbocycles. The maximum atomic E-state index is 11.0. The van der Waals surface area contributed by atoms with Crippen LogP contribution < -0.4 is 0 Å². The van der Waals surface area contributed by atoms with Crippen LogP contribution in [0.25, 0.3) is 5.76 Å². The number of aromatic amines is 1. The molecule has 2 aromatic rings. The first kappa shape index (κ1) is 13.6. The van der Waals surface area contributed by atoms with Crippen LogP contribution in [0.3, 0.4) is 0 Å². The van der Waals surface area contributed by atoms with Crippen molar-refractivity contribution in [3.8, 4) is 0 Å². The van der Waals surface area contributed by atoms with E-state index in [1.165, 1.54) is 6.20 Å². The highest BCUT2D eigenvalue weighted by atomic mass is 16.4. The number of hydrogen-bond acceptors (Lipinski definition) is 3. The Bertz CT molecular complexity index is 656. The Labute approximate surface area is 115 Å². The summed E-state index contributed by atoms with van der Waals surface area (Å²) in [7, 11) is 0. The van der Waals surface area contributed by atoms with Gasteiger partial charge in [0.05, 0.1) is 0 Å². The van der Waals surface area contributed by atoms with Crippen molar-refractivity contribution in [2.45, 2.75) is 6.42 Å². The molecule has 1 aromatic heterocycles. The molecule has 20 heavy (non-hydrogen) atoms. The molecule has 0 atom stereocenters. The Balaban J connectivity index is 2.13. The van der Waals surface area contributed by atoms with Gasteiger partial charge in [0, 0.05) is 30.0 Å². The lowest BCUT2D eigenvalue weighted by Crippen LogP contribution is -2.09. The zero-order valence-electron chi connectivity index (χ0n) is 10.5. The molecule has 102 valence electrons. The summed E-state index contributed by atoms with van der Waals surface area (Å²) in [5, 5.41) is 18.1. The number of ketones is 1. The van der Waals surface area contributed by atoms with Gasteiger partial charge in [0.15, 0.2) is 0 Å². The Hall–Kier alpha value is -2.82. The highest BCUT2D eigenvalue weighted by molar-refractivity contribution is 6.38. The minimum absolute atomic E-state index is 0.368. The van der Waals surface area contributed by atoms with E-state index in [2.05, 4.69) is 4.98 Å². The molecule has 0 radical (unpaired) electrons. The van der Waals surface area contributed by atoms with E-state index >= 15 is 0 Å². The largest absolute Gasteiger partial charge is 0.507 e. The molecule has 3 N–H and O–H groups in total. The molecule has 2 rings (SSSR count). The number of carboxylic acid groups (broad SMARTS) is 1. The fourth-order valence-corrected chi connectivity index (χ4v) is 1.78. The number of nitrogens with one attached hydrogen (secondary N) is 1. The third kappa shape index (κ3) is 3.35. The third-order valence-corrected chi connectivity index (χ3v) is 2.75. The van der Waals surface area contributed by atoms with Crippen molar-refractivity contribution in [1.29, 1.82) is 0 Å². The van der Waals surface area contributed by atoms with Gasteiger partial charge in [-0.3, -0.25) is 4.79 Å². The molecule has 0 unspecified atom stereocenters. The van der Waals surface area contributed by atoms with Crippen molar-refractivity contribution in [2.24, 2.45) is 0 Å². The summed E-state index contributed by atoms with van der Waals surface area (Å²) < 4.78 is 0. The van der Waals surface area contributed by atoms with E-state index in [0.717, 1.165) is 11.3 Å². The first-order valence-electron chi connectivity index (χ1n) is 5.96. The van der Waals surface area contributed by atoms with Gasteiger partial charge in [0.25, 0.3) is 5.78 Å². The van der Waals surface area contributed by atoms with E-state index < -0.39 is 11.8 Å².